The maximum Gasteiger partial charge on any atom is 0.244 e. The molecule has 0 saturated heterocycles. The van der Waals surface area contributed by atoms with Gasteiger partial charge in [0.2, 0.25) is 11.8 Å². The van der Waals surface area contributed by atoms with Crippen LogP contribution in [0.2, 0.25) is 0 Å². The first-order chi connectivity index (χ1) is 21.7. The quantitative estimate of drug-likeness (QED) is 0.107. The van der Waals surface area contributed by atoms with E-state index in [1.165, 1.54) is 25.3 Å². The van der Waals surface area contributed by atoms with Gasteiger partial charge in [0.15, 0.2) is 23.0 Å². The molecule has 0 aliphatic carbocycles. The van der Waals surface area contributed by atoms with Crippen LogP contribution in [0.5, 0.6) is 34.5 Å². The van der Waals surface area contributed by atoms with Crippen LogP contribution in [0, 0.1) is 0 Å². The number of benzene rings is 4. The lowest BCUT2D eigenvalue weighted by Crippen LogP contribution is -2.33. The fraction of sp³-hybridized carbons (Fsp3) is 0.200. The summed E-state index contributed by atoms with van der Waals surface area (Å²) in [5.74, 6) is -1.02. The molecule has 10 nitrogen and oxygen atoms in total. The summed E-state index contributed by atoms with van der Waals surface area (Å²) < 4.78 is 11.9. The first-order valence-electron chi connectivity index (χ1n) is 14.4. The van der Waals surface area contributed by atoms with E-state index in [2.05, 4.69) is 10.6 Å². The van der Waals surface area contributed by atoms with Gasteiger partial charge < -0.3 is 40.5 Å². The molecule has 1 aliphatic rings. The number of methoxy groups -OCH3 is 1. The van der Waals surface area contributed by atoms with Crippen molar-refractivity contribution in [1.82, 2.24) is 10.6 Å². The van der Waals surface area contributed by atoms with E-state index in [0.29, 0.717) is 54.1 Å². The zero-order chi connectivity index (χ0) is 31.9. The lowest BCUT2D eigenvalue weighted by atomic mass is 9.89. The number of phenolic OH excluding ortho intramolecular Hbond substituents is 4. The van der Waals surface area contributed by atoms with E-state index in [-0.39, 0.29) is 34.8 Å². The molecule has 4 aromatic rings. The van der Waals surface area contributed by atoms with E-state index in [1.807, 2.05) is 0 Å². The lowest BCUT2D eigenvalue weighted by molar-refractivity contribution is -0.124. The Hall–Kier alpha value is -5.64. The Bertz CT molecular complexity index is 1700. The summed E-state index contributed by atoms with van der Waals surface area (Å²) in [5.41, 5.74) is 3.55. The minimum Gasteiger partial charge on any atom is -0.508 e. The Balaban J connectivity index is 1.35. The highest BCUT2D eigenvalue weighted by molar-refractivity contribution is 5.92. The summed E-state index contributed by atoms with van der Waals surface area (Å²) in [6, 6.07) is 21.3. The number of rotatable bonds is 11. The highest BCUT2D eigenvalue weighted by atomic mass is 16.5. The van der Waals surface area contributed by atoms with Crippen LogP contribution < -0.4 is 20.1 Å². The molecule has 2 atom stereocenters. The van der Waals surface area contributed by atoms with E-state index < -0.39 is 12.0 Å². The normalized spacial score (nSPS) is 15.3. The maximum atomic E-state index is 13.7. The minimum atomic E-state index is -0.842. The number of fused-ring (bicyclic) bond motifs is 1. The number of carbonyl (C=O) groups excluding carboxylic acids is 2. The van der Waals surface area contributed by atoms with Crippen LogP contribution in [0.15, 0.2) is 84.9 Å². The SMILES string of the molecule is COc1cc(/C=C/C(=O)NCCc2ccc(O)cc2)cc2c1O[C@@H](c1ccc(O)c(O)c1)[C@@H]2C(=O)NCCc1ccc(O)cc1. The van der Waals surface area contributed by atoms with Gasteiger partial charge in [-0.15, -0.1) is 0 Å². The van der Waals surface area contributed by atoms with Crippen molar-refractivity contribution in [2.75, 3.05) is 20.2 Å². The van der Waals surface area contributed by atoms with Crippen molar-refractivity contribution in [2.45, 2.75) is 24.9 Å². The topological polar surface area (TPSA) is 158 Å². The summed E-state index contributed by atoms with van der Waals surface area (Å²) >= 11 is 0. The van der Waals surface area contributed by atoms with Crippen molar-refractivity contribution in [3.8, 4) is 34.5 Å². The molecule has 0 fully saturated rings. The van der Waals surface area contributed by atoms with Gasteiger partial charge >= 0.3 is 0 Å². The number of carbonyl (C=O) groups is 2. The van der Waals surface area contributed by atoms with Crippen LogP contribution >= 0.6 is 0 Å². The van der Waals surface area contributed by atoms with Gasteiger partial charge in [0, 0.05) is 24.7 Å². The highest BCUT2D eigenvalue weighted by Crippen LogP contribution is 2.51. The number of nitrogens with one attached hydrogen (secondary N) is 2. The summed E-state index contributed by atoms with van der Waals surface area (Å²) in [5, 5.41) is 44.8. The summed E-state index contributed by atoms with van der Waals surface area (Å²) in [4.78, 5) is 26.3. The van der Waals surface area contributed by atoms with Crippen LogP contribution in [-0.2, 0) is 22.4 Å². The van der Waals surface area contributed by atoms with Crippen molar-refractivity contribution >= 4 is 17.9 Å². The summed E-state index contributed by atoms with van der Waals surface area (Å²) in [6.45, 7) is 0.729. The van der Waals surface area contributed by atoms with E-state index in [9.17, 15) is 30.0 Å². The third-order valence-corrected chi connectivity index (χ3v) is 7.54. The fourth-order valence-corrected chi connectivity index (χ4v) is 5.19. The molecule has 0 radical (unpaired) electrons. The molecule has 0 aromatic heterocycles. The average molecular weight is 611 g/mol. The third kappa shape index (κ3) is 7.48. The molecular weight excluding hydrogens is 576 g/mol. The molecule has 2 amide bonds. The molecule has 0 spiro atoms. The van der Waals surface area contributed by atoms with Gasteiger partial charge in [-0.2, -0.15) is 0 Å². The first-order valence-corrected chi connectivity index (χ1v) is 14.4. The predicted molar refractivity (Wildman–Crippen MR) is 168 cm³/mol. The monoisotopic (exact) mass is 610 g/mol. The summed E-state index contributed by atoms with van der Waals surface area (Å²) in [6.07, 6.45) is 3.32. The van der Waals surface area contributed by atoms with Gasteiger partial charge in [-0.25, -0.2) is 0 Å². The largest absolute Gasteiger partial charge is 0.508 e. The number of aromatic hydroxyl groups is 4. The molecule has 232 valence electrons. The number of amides is 2. The van der Waals surface area contributed by atoms with Gasteiger partial charge in [0.1, 0.15) is 23.5 Å². The predicted octanol–water partition coefficient (Wildman–Crippen LogP) is 4.47. The molecule has 0 bridgehead atoms. The Kier molecular flexibility index (Phi) is 9.43. The van der Waals surface area contributed by atoms with Crippen molar-refractivity contribution in [3.05, 3.63) is 113 Å². The second-order valence-corrected chi connectivity index (χ2v) is 10.7. The Morgan fingerprint density at radius 1 is 0.800 bits per heavy atom. The molecule has 5 rings (SSSR count). The van der Waals surface area contributed by atoms with Crippen molar-refractivity contribution in [3.63, 3.8) is 0 Å². The molecule has 4 aromatic carbocycles. The Labute approximate surface area is 260 Å². The van der Waals surface area contributed by atoms with Crippen molar-refractivity contribution in [2.24, 2.45) is 0 Å². The molecular formula is C35H34N2O8. The van der Waals surface area contributed by atoms with Gasteiger partial charge in [0.25, 0.3) is 0 Å². The van der Waals surface area contributed by atoms with Crippen LogP contribution in [0.3, 0.4) is 0 Å². The fourth-order valence-electron chi connectivity index (χ4n) is 5.19. The average Bonchev–Trinajstić information content (AvgIpc) is 3.42. The number of hydrogen-bond donors (Lipinski definition) is 6. The van der Waals surface area contributed by atoms with Crippen molar-refractivity contribution in [1.29, 1.82) is 0 Å². The molecule has 1 heterocycles. The van der Waals surface area contributed by atoms with E-state index >= 15 is 0 Å². The number of ether oxygens (including phenoxy) is 2. The van der Waals surface area contributed by atoms with E-state index in [0.717, 1.165) is 11.1 Å². The number of phenols is 4. The molecule has 45 heavy (non-hydrogen) atoms. The number of hydrogen-bond acceptors (Lipinski definition) is 8. The van der Waals surface area contributed by atoms with Gasteiger partial charge in [-0.05, 0) is 89.7 Å². The van der Waals surface area contributed by atoms with Crippen LogP contribution in [0.25, 0.3) is 6.08 Å². The summed E-state index contributed by atoms with van der Waals surface area (Å²) in [7, 11) is 1.48. The molecule has 0 saturated carbocycles. The first kappa shape index (κ1) is 30.8. The zero-order valence-electron chi connectivity index (χ0n) is 24.6. The standard InChI is InChI=1S/C35H34N2O8/c1-44-30-19-23(6-13-31(42)36-16-14-21-2-8-25(38)9-3-21)18-27-32(35(43)37-17-15-22-4-10-26(39)11-5-22)33(45-34(27)30)24-7-12-28(40)29(41)20-24/h2-13,18-20,32-33,38-41H,14-17H2,1H3,(H,36,42)(H,37,43)/b13-6+/t32-,33+/m1/s1. The van der Waals surface area contributed by atoms with Gasteiger partial charge in [0.05, 0.1) is 7.11 Å². The van der Waals surface area contributed by atoms with Crippen LogP contribution in [0.4, 0.5) is 0 Å². The zero-order valence-corrected chi connectivity index (χ0v) is 24.6. The Morgan fingerprint density at radius 3 is 2.02 bits per heavy atom. The minimum absolute atomic E-state index is 0.160. The molecule has 1 aliphatic heterocycles. The van der Waals surface area contributed by atoms with Crippen LogP contribution in [0.1, 0.15) is 39.8 Å². The lowest BCUT2D eigenvalue weighted by Gasteiger charge is -2.20. The van der Waals surface area contributed by atoms with Crippen LogP contribution in [-0.4, -0.2) is 52.4 Å². The highest BCUT2D eigenvalue weighted by Gasteiger charge is 2.42. The van der Waals surface area contributed by atoms with Crippen molar-refractivity contribution < 1.29 is 39.5 Å². The van der Waals surface area contributed by atoms with Gasteiger partial charge in [-0.1, -0.05) is 30.3 Å². The smallest absolute Gasteiger partial charge is 0.244 e. The third-order valence-electron chi connectivity index (χ3n) is 7.54. The van der Waals surface area contributed by atoms with E-state index in [4.69, 9.17) is 9.47 Å². The maximum absolute atomic E-state index is 13.7. The second kappa shape index (κ2) is 13.8. The van der Waals surface area contributed by atoms with E-state index in [1.54, 1.807) is 72.8 Å². The van der Waals surface area contributed by atoms with Gasteiger partial charge in [-0.3, -0.25) is 9.59 Å². The Morgan fingerprint density at radius 2 is 1.42 bits per heavy atom. The molecule has 6 N–H and O–H groups in total. The second-order valence-electron chi connectivity index (χ2n) is 10.7. The molecule has 10 heteroatoms. The molecule has 0 unspecified atom stereocenters.